The first-order valence-corrected chi connectivity index (χ1v) is 15.0. The fraction of sp³-hybridized carbons (Fsp3) is 0.560. The zero-order valence-electron chi connectivity index (χ0n) is 27.8. The zero-order chi connectivity index (χ0) is 36.0. The van der Waals surface area contributed by atoms with Gasteiger partial charge in [-0.1, -0.05) is 0 Å². The van der Waals surface area contributed by atoms with Gasteiger partial charge < -0.3 is 25.0 Å². The SMILES string of the molecule is BC(B)(B)C(B)(B)n1nccc1C(=O)N[C@@H](COC(C)(C)C(F)(F)F)c1cn2ncc([C@@H](COC)N3C[C@@H](C(F)(F)F)NC3=O)cc2n1. The second kappa shape index (κ2) is 13.0. The van der Waals surface area contributed by atoms with E-state index in [9.17, 15) is 35.9 Å². The summed E-state index contributed by atoms with van der Waals surface area (Å²) in [7, 11) is 11.1. The third-order valence-corrected chi connectivity index (χ3v) is 8.97. The first-order chi connectivity index (χ1) is 22.0. The predicted octanol–water partition coefficient (Wildman–Crippen LogP) is -1.75. The first-order valence-electron chi connectivity index (χ1n) is 15.0. The van der Waals surface area contributed by atoms with Gasteiger partial charge in [0.15, 0.2) is 11.2 Å². The van der Waals surface area contributed by atoms with E-state index in [4.69, 9.17) is 9.47 Å². The maximum Gasteiger partial charge on any atom is 0.416 e. The number of amides is 3. The van der Waals surface area contributed by atoms with Crippen LogP contribution in [0.2, 0.25) is 5.11 Å². The van der Waals surface area contributed by atoms with Gasteiger partial charge in [0.2, 0.25) is 0 Å². The van der Waals surface area contributed by atoms with E-state index < -0.39 is 66.5 Å². The number of halogens is 6. The van der Waals surface area contributed by atoms with Crippen LogP contribution in [0.3, 0.4) is 0 Å². The number of ether oxygens (including phenoxy) is 2. The van der Waals surface area contributed by atoms with Crippen molar-refractivity contribution in [3.05, 3.63) is 47.7 Å². The van der Waals surface area contributed by atoms with Crippen molar-refractivity contribution >= 4 is 56.8 Å². The number of nitrogens with one attached hydrogen (secondary N) is 2. The molecule has 48 heavy (non-hydrogen) atoms. The van der Waals surface area contributed by atoms with Crippen LogP contribution in [0.15, 0.2) is 30.7 Å². The van der Waals surface area contributed by atoms with Gasteiger partial charge in [0, 0.05) is 18.9 Å². The Hall–Kier alpha value is -3.61. The molecule has 2 N–H and O–H groups in total. The van der Waals surface area contributed by atoms with Gasteiger partial charge in [-0.2, -0.15) is 36.5 Å². The van der Waals surface area contributed by atoms with Gasteiger partial charge in [0.1, 0.15) is 27.4 Å². The van der Waals surface area contributed by atoms with Gasteiger partial charge in [0.05, 0.1) is 73.5 Å². The molecular weight excluding hydrogens is 644 g/mol. The van der Waals surface area contributed by atoms with Crippen molar-refractivity contribution in [2.75, 3.05) is 26.9 Å². The molecular formula is C25H35B5F6N8O4. The molecule has 1 fully saturated rings. The Balaban J connectivity index is 1.69. The van der Waals surface area contributed by atoms with E-state index in [0.717, 1.165) is 18.7 Å². The molecule has 4 heterocycles. The number of urea groups is 1. The number of hydrogen-bond acceptors (Lipinski definition) is 7. The Morgan fingerprint density at radius 1 is 1.10 bits per heavy atom. The van der Waals surface area contributed by atoms with Crippen molar-refractivity contribution in [3.8, 4) is 0 Å². The number of alkyl halides is 6. The number of imidazole rings is 1. The van der Waals surface area contributed by atoms with E-state index in [2.05, 4.69) is 20.5 Å². The second-order valence-corrected chi connectivity index (χ2v) is 13.7. The monoisotopic (exact) mass is 680 g/mol. The molecule has 1 aliphatic rings. The molecule has 23 heteroatoms. The first kappa shape index (κ1) is 37.2. The average molecular weight is 680 g/mol. The van der Waals surface area contributed by atoms with E-state index in [1.165, 1.54) is 42.3 Å². The lowest BCUT2D eigenvalue weighted by molar-refractivity contribution is -0.265. The van der Waals surface area contributed by atoms with E-state index in [-0.39, 0.29) is 28.8 Å². The van der Waals surface area contributed by atoms with Crippen molar-refractivity contribution < 1.29 is 45.4 Å². The van der Waals surface area contributed by atoms with E-state index >= 15 is 0 Å². The molecule has 256 valence electrons. The minimum absolute atomic E-state index is 0.0893. The van der Waals surface area contributed by atoms with Crippen LogP contribution in [0, 0.1) is 0 Å². The van der Waals surface area contributed by atoms with Crippen molar-refractivity contribution in [1.82, 2.24) is 39.9 Å². The Bertz CT molecular complexity index is 1640. The lowest BCUT2D eigenvalue weighted by atomic mass is 9.26. The summed E-state index contributed by atoms with van der Waals surface area (Å²) in [5.41, 5.74) is -1.89. The average Bonchev–Trinajstić information content (AvgIpc) is 3.70. The normalized spacial score (nSPS) is 17.8. The van der Waals surface area contributed by atoms with Crippen LogP contribution in [-0.4, -0.2) is 131 Å². The number of rotatable bonds is 12. The number of methoxy groups -OCH3 is 1. The third-order valence-electron chi connectivity index (χ3n) is 8.97. The minimum Gasteiger partial charge on any atom is -0.382 e. The van der Waals surface area contributed by atoms with Crippen LogP contribution in [0.1, 0.15) is 47.7 Å². The van der Waals surface area contributed by atoms with Gasteiger partial charge in [0.25, 0.3) is 5.91 Å². The smallest absolute Gasteiger partial charge is 0.382 e. The summed E-state index contributed by atoms with van der Waals surface area (Å²) < 4.78 is 94.5. The van der Waals surface area contributed by atoms with E-state index in [0.29, 0.717) is 5.56 Å². The molecule has 3 atom stereocenters. The number of carbonyl (C=O) groups is 2. The maximum absolute atomic E-state index is 13.7. The van der Waals surface area contributed by atoms with Crippen molar-refractivity contribution in [2.24, 2.45) is 0 Å². The van der Waals surface area contributed by atoms with Gasteiger partial charge in [-0.3, -0.25) is 9.48 Å². The molecule has 0 unspecified atom stereocenters. The lowest BCUT2D eigenvalue weighted by Gasteiger charge is -2.41. The molecule has 3 aromatic heterocycles. The number of carbonyl (C=O) groups excluding carboxylic acids is 2. The van der Waals surface area contributed by atoms with Crippen molar-refractivity contribution in [2.45, 2.75) is 60.4 Å². The molecule has 12 nitrogen and oxygen atoms in total. The van der Waals surface area contributed by atoms with Crippen molar-refractivity contribution in [1.29, 1.82) is 0 Å². The summed E-state index contributed by atoms with van der Waals surface area (Å²) >= 11 is 0. The van der Waals surface area contributed by atoms with Crippen LogP contribution < -0.4 is 10.6 Å². The summed E-state index contributed by atoms with van der Waals surface area (Å²) in [6, 6.07) is -2.24. The van der Waals surface area contributed by atoms with E-state index in [1.807, 2.05) is 44.5 Å². The van der Waals surface area contributed by atoms with Crippen LogP contribution >= 0.6 is 0 Å². The predicted molar refractivity (Wildman–Crippen MR) is 175 cm³/mol. The molecule has 0 aromatic carbocycles. The summed E-state index contributed by atoms with van der Waals surface area (Å²) in [4.78, 5) is 31.7. The Labute approximate surface area is 277 Å². The van der Waals surface area contributed by atoms with Gasteiger partial charge >= 0.3 is 18.4 Å². The highest BCUT2D eigenvalue weighted by Crippen LogP contribution is 2.35. The fourth-order valence-corrected chi connectivity index (χ4v) is 4.84. The Morgan fingerprint density at radius 2 is 1.77 bits per heavy atom. The molecule has 3 amide bonds. The largest absolute Gasteiger partial charge is 0.416 e. The lowest BCUT2D eigenvalue weighted by Crippen LogP contribution is -2.50. The molecule has 3 aromatic rings. The van der Waals surface area contributed by atoms with Crippen LogP contribution in [-0.2, 0) is 14.8 Å². The summed E-state index contributed by atoms with van der Waals surface area (Å²) in [6.07, 6.45) is -5.23. The maximum atomic E-state index is 13.7. The molecule has 1 saturated heterocycles. The van der Waals surface area contributed by atoms with Crippen LogP contribution in [0.4, 0.5) is 31.1 Å². The number of hydrogen-bond donors (Lipinski definition) is 2. The molecule has 0 saturated carbocycles. The number of fused-ring (bicyclic) bond motifs is 1. The highest BCUT2D eigenvalue weighted by atomic mass is 19.4. The topological polar surface area (TPSA) is 128 Å². The molecule has 0 radical (unpaired) electrons. The standard InChI is InChI=1S/C25H35B5F6N8O4/c1-21(2,25(34,35)36)48-10-14(40-19(45)15-4-5-37-44(15)24(29,30)23(26,27)28)13-8-43-18(39-13)6-12(7-38-43)16(11-47-3)42-9-17(22(31,32)33)41-20(42)46/h4-8,14,16-17H,9-11,26-30H2,1-3H3,(H,40,45)(H,41,46)/t14-,16+,17-/m0/s1. The molecule has 4 rings (SSSR count). The molecule has 0 bridgehead atoms. The fourth-order valence-electron chi connectivity index (χ4n) is 4.84. The highest BCUT2D eigenvalue weighted by Gasteiger charge is 2.50. The zero-order valence-corrected chi connectivity index (χ0v) is 27.8. The molecule has 1 aliphatic heterocycles. The van der Waals surface area contributed by atoms with Gasteiger partial charge in [-0.15, -0.1) is 5.11 Å². The quantitative estimate of drug-likeness (QED) is 0.172. The Kier molecular flexibility index (Phi) is 10.1. The highest BCUT2D eigenvalue weighted by molar-refractivity contribution is 6.66. The van der Waals surface area contributed by atoms with Crippen molar-refractivity contribution in [3.63, 3.8) is 0 Å². The second-order valence-electron chi connectivity index (χ2n) is 13.7. The summed E-state index contributed by atoms with van der Waals surface area (Å²) in [5.74, 6) is -0.645. The van der Waals surface area contributed by atoms with E-state index in [1.54, 1.807) is 4.68 Å². The molecule has 0 spiro atoms. The summed E-state index contributed by atoms with van der Waals surface area (Å²) in [5, 5.41) is 12.3. The van der Waals surface area contributed by atoms with Gasteiger partial charge in [-0.25, -0.2) is 14.3 Å². The van der Waals surface area contributed by atoms with Crippen LogP contribution in [0.25, 0.3) is 5.65 Å². The van der Waals surface area contributed by atoms with Gasteiger partial charge in [-0.05, 0) is 31.3 Å². The number of nitrogens with zero attached hydrogens (tertiary/aromatic N) is 6. The summed E-state index contributed by atoms with van der Waals surface area (Å²) in [6.45, 7) is 0.256. The number of aromatic nitrogens is 5. The minimum atomic E-state index is -4.73. The third kappa shape index (κ3) is 7.50. The van der Waals surface area contributed by atoms with Crippen LogP contribution in [0.5, 0.6) is 0 Å². The Morgan fingerprint density at radius 3 is 2.33 bits per heavy atom. The molecule has 0 aliphatic carbocycles.